The molecule has 2 atom stereocenters. The Labute approximate surface area is 125 Å². The summed E-state index contributed by atoms with van der Waals surface area (Å²) >= 11 is 0. The number of non-ortho nitro benzene ring substituents is 1. The van der Waals surface area contributed by atoms with Gasteiger partial charge in [0.1, 0.15) is 0 Å². The van der Waals surface area contributed by atoms with Gasteiger partial charge in [-0.3, -0.25) is 15.0 Å². The van der Waals surface area contributed by atoms with Crippen molar-refractivity contribution in [2.24, 2.45) is 0 Å². The number of ether oxygens (including phenoxy) is 1. The van der Waals surface area contributed by atoms with Crippen molar-refractivity contribution in [1.29, 1.82) is 0 Å². The van der Waals surface area contributed by atoms with Crippen LogP contribution >= 0.6 is 0 Å². The monoisotopic (exact) mass is 293 g/mol. The third-order valence-corrected chi connectivity index (χ3v) is 3.88. The summed E-state index contributed by atoms with van der Waals surface area (Å²) in [5.74, 6) is 0. The van der Waals surface area contributed by atoms with Crippen molar-refractivity contribution in [2.75, 3.05) is 26.7 Å². The summed E-state index contributed by atoms with van der Waals surface area (Å²) in [5.41, 5.74) is 1.07. The van der Waals surface area contributed by atoms with E-state index in [1.54, 1.807) is 12.1 Å². The first-order valence-electron chi connectivity index (χ1n) is 7.31. The highest BCUT2D eigenvalue weighted by Gasteiger charge is 2.35. The first-order chi connectivity index (χ1) is 10.0. The van der Waals surface area contributed by atoms with Crippen molar-refractivity contribution >= 4 is 5.69 Å². The zero-order valence-electron chi connectivity index (χ0n) is 12.8. The van der Waals surface area contributed by atoms with Crippen LogP contribution in [0.15, 0.2) is 24.3 Å². The summed E-state index contributed by atoms with van der Waals surface area (Å²) in [7, 11) is 1.89. The number of nitrogens with one attached hydrogen (secondary N) is 1. The SMILES string of the molecule is CNCC1OCCN(C(C)C)C1c1cccc([N+](=O)[O-])c1. The Hall–Kier alpha value is -1.50. The van der Waals surface area contributed by atoms with Crippen molar-refractivity contribution in [2.45, 2.75) is 32.0 Å². The zero-order chi connectivity index (χ0) is 15.4. The summed E-state index contributed by atoms with van der Waals surface area (Å²) in [4.78, 5) is 13.0. The summed E-state index contributed by atoms with van der Waals surface area (Å²) in [6.45, 7) is 6.54. The Balaban J connectivity index is 2.37. The molecule has 1 aliphatic heterocycles. The van der Waals surface area contributed by atoms with Crippen LogP contribution in [0.1, 0.15) is 25.5 Å². The van der Waals surface area contributed by atoms with Gasteiger partial charge in [-0.25, -0.2) is 0 Å². The van der Waals surface area contributed by atoms with E-state index in [2.05, 4.69) is 24.1 Å². The van der Waals surface area contributed by atoms with Crippen LogP contribution in [-0.4, -0.2) is 48.7 Å². The molecule has 6 nitrogen and oxygen atoms in total. The molecule has 1 aromatic carbocycles. The number of hydrogen-bond donors (Lipinski definition) is 1. The molecule has 1 N–H and O–H groups in total. The molecule has 1 saturated heterocycles. The van der Waals surface area contributed by atoms with Crippen LogP contribution in [-0.2, 0) is 4.74 Å². The van der Waals surface area contributed by atoms with Crippen molar-refractivity contribution in [3.63, 3.8) is 0 Å². The molecule has 6 heteroatoms. The lowest BCUT2D eigenvalue weighted by Crippen LogP contribution is -2.51. The number of benzene rings is 1. The predicted octanol–water partition coefficient (Wildman–Crippen LogP) is 1.96. The average molecular weight is 293 g/mol. The minimum absolute atomic E-state index is 0.00634. The maximum atomic E-state index is 11.0. The van der Waals surface area contributed by atoms with Gasteiger partial charge in [0.25, 0.3) is 5.69 Å². The molecule has 1 heterocycles. The molecule has 0 amide bonds. The summed E-state index contributed by atoms with van der Waals surface area (Å²) < 4.78 is 5.89. The highest BCUT2D eigenvalue weighted by Crippen LogP contribution is 2.32. The Morgan fingerprint density at radius 3 is 2.90 bits per heavy atom. The molecule has 0 spiro atoms. The minimum atomic E-state index is -0.347. The van der Waals surface area contributed by atoms with Crippen LogP contribution in [0, 0.1) is 10.1 Å². The van der Waals surface area contributed by atoms with Gasteiger partial charge in [0.05, 0.1) is 23.7 Å². The largest absolute Gasteiger partial charge is 0.374 e. The fourth-order valence-electron chi connectivity index (χ4n) is 2.93. The fourth-order valence-corrected chi connectivity index (χ4v) is 2.93. The summed E-state index contributed by atoms with van der Waals surface area (Å²) in [5, 5.41) is 14.2. The van der Waals surface area contributed by atoms with Crippen LogP contribution in [0.4, 0.5) is 5.69 Å². The third kappa shape index (κ3) is 3.58. The number of rotatable bonds is 5. The number of likely N-dealkylation sites (N-methyl/N-ethyl adjacent to an activating group) is 1. The van der Waals surface area contributed by atoms with Gasteiger partial charge in [0, 0.05) is 31.3 Å². The van der Waals surface area contributed by atoms with Crippen LogP contribution in [0.25, 0.3) is 0 Å². The lowest BCUT2D eigenvalue weighted by molar-refractivity contribution is -0.385. The van der Waals surface area contributed by atoms with Crippen LogP contribution in [0.2, 0.25) is 0 Å². The highest BCUT2D eigenvalue weighted by molar-refractivity contribution is 5.36. The van der Waals surface area contributed by atoms with Crippen LogP contribution < -0.4 is 5.32 Å². The molecular weight excluding hydrogens is 270 g/mol. The molecule has 1 aliphatic rings. The van der Waals surface area contributed by atoms with Gasteiger partial charge < -0.3 is 10.1 Å². The number of hydrogen-bond acceptors (Lipinski definition) is 5. The quantitative estimate of drug-likeness (QED) is 0.664. The Kier molecular flexibility index (Phi) is 5.27. The molecule has 2 rings (SSSR count). The van der Waals surface area contributed by atoms with Gasteiger partial charge in [-0.2, -0.15) is 0 Å². The van der Waals surface area contributed by atoms with Crippen molar-refractivity contribution in [1.82, 2.24) is 10.2 Å². The number of nitrogens with zero attached hydrogens (tertiary/aromatic N) is 2. The Morgan fingerprint density at radius 2 is 2.29 bits per heavy atom. The smallest absolute Gasteiger partial charge is 0.269 e. The molecule has 0 saturated carbocycles. The van der Waals surface area contributed by atoms with Gasteiger partial charge in [0.2, 0.25) is 0 Å². The molecule has 0 aliphatic carbocycles. The van der Waals surface area contributed by atoms with E-state index in [9.17, 15) is 10.1 Å². The molecule has 1 fully saturated rings. The number of nitro benzene ring substituents is 1. The molecule has 116 valence electrons. The zero-order valence-corrected chi connectivity index (χ0v) is 12.8. The first-order valence-corrected chi connectivity index (χ1v) is 7.31. The van der Waals surface area contributed by atoms with Gasteiger partial charge >= 0.3 is 0 Å². The first kappa shape index (κ1) is 15.9. The third-order valence-electron chi connectivity index (χ3n) is 3.88. The molecule has 21 heavy (non-hydrogen) atoms. The van der Waals surface area contributed by atoms with Gasteiger partial charge in [-0.05, 0) is 26.5 Å². The van der Waals surface area contributed by atoms with Gasteiger partial charge in [0.15, 0.2) is 0 Å². The van der Waals surface area contributed by atoms with Crippen LogP contribution in [0.5, 0.6) is 0 Å². The topological polar surface area (TPSA) is 67.6 Å². The van der Waals surface area contributed by atoms with E-state index in [0.717, 1.165) is 18.7 Å². The van der Waals surface area contributed by atoms with Crippen molar-refractivity contribution in [3.05, 3.63) is 39.9 Å². The standard InChI is InChI=1S/C15H23N3O3/c1-11(2)17-7-8-21-14(10-16-3)15(17)12-5-4-6-13(9-12)18(19)20/h4-6,9,11,14-16H,7-8,10H2,1-3H3. The molecule has 1 aromatic rings. The summed E-state index contributed by atoms with van der Waals surface area (Å²) in [6, 6.07) is 7.28. The lowest BCUT2D eigenvalue weighted by Gasteiger charge is -2.43. The van der Waals surface area contributed by atoms with Crippen molar-refractivity contribution < 1.29 is 9.66 Å². The van der Waals surface area contributed by atoms with E-state index in [-0.39, 0.29) is 22.8 Å². The molecular formula is C15H23N3O3. The fraction of sp³-hybridized carbons (Fsp3) is 0.600. The Morgan fingerprint density at radius 1 is 1.52 bits per heavy atom. The normalized spacial score (nSPS) is 23.4. The average Bonchev–Trinajstić information content (AvgIpc) is 2.47. The Bertz CT molecular complexity index is 491. The predicted molar refractivity (Wildman–Crippen MR) is 81.3 cm³/mol. The second kappa shape index (κ2) is 6.98. The van der Waals surface area contributed by atoms with Gasteiger partial charge in [-0.15, -0.1) is 0 Å². The molecule has 0 bridgehead atoms. The molecule has 0 radical (unpaired) electrons. The van der Waals surface area contributed by atoms with Crippen molar-refractivity contribution in [3.8, 4) is 0 Å². The van der Waals surface area contributed by atoms with E-state index in [4.69, 9.17) is 4.74 Å². The van der Waals surface area contributed by atoms with E-state index in [0.29, 0.717) is 12.6 Å². The maximum absolute atomic E-state index is 11.0. The summed E-state index contributed by atoms with van der Waals surface area (Å²) in [6.07, 6.45) is -0.00634. The van der Waals surface area contributed by atoms with Gasteiger partial charge in [-0.1, -0.05) is 12.1 Å². The van der Waals surface area contributed by atoms with E-state index in [1.807, 2.05) is 13.1 Å². The number of morpholine rings is 1. The second-order valence-corrected chi connectivity index (χ2v) is 5.60. The second-order valence-electron chi connectivity index (χ2n) is 5.60. The highest BCUT2D eigenvalue weighted by atomic mass is 16.6. The van der Waals surface area contributed by atoms with Crippen LogP contribution in [0.3, 0.4) is 0 Å². The minimum Gasteiger partial charge on any atom is -0.374 e. The van der Waals surface area contributed by atoms with E-state index >= 15 is 0 Å². The maximum Gasteiger partial charge on any atom is 0.269 e. The van der Waals surface area contributed by atoms with E-state index in [1.165, 1.54) is 6.07 Å². The molecule has 2 unspecified atom stereocenters. The lowest BCUT2D eigenvalue weighted by atomic mass is 9.96. The van der Waals surface area contributed by atoms with E-state index < -0.39 is 0 Å². The number of nitro groups is 1. The molecule has 0 aromatic heterocycles.